The Labute approximate surface area is 89.6 Å². The van der Waals surface area contributed by atoms with Gasteiger partial charge >= 0.3 is 0 Å². The zero-order valence-corrected chi connectivity index (χ0v) is 9.17. The Morgan fingerprint density at radius 1 is 1.64 bits per heavy atom. The van der Waals surface area contributed by atoms with Crippen LogP contribution in [0.1, 0.15) is 31.7 Å². The smallest absolute Gasteiger partial charge is 0.0564 e. The minimum Gasteiger partial charge on any atom is -0.272 e. The van der Waals surface area contributed by atoms with Crippen LogP contribution < -0.4 is 0 Å². The molecule has 1 heterocycles. The molecule has 0 bridgehead atoms. The van der Waals surface area contributed by atoms with E-state index < -0.39 is 0 Å². The first-order valence-corrected chi connectivity index (χ1v) is 5.61. The highest BCUT2D eigenvalue weighted by atomic mass is 35.5. The third kappa shape index (κ3) is 2.01. The molecule has 0 fully saturated rings. The van der Waals surface area contributed by atoms with Crippen molar-refractivity contribution in [3.05, 3.63) is 24.0 Å². The molecule has 0 amide bonds. The maximum Gasteiger partial charge on any atom is 0.0564 e. The molecule has 76 valence electrons. The van der Waals surface area contributed by atoms with E-state index in [1.54, 1.807) is 0 Å². The van der Waals surface area contributed by atoms with Crippen molar-refractivity contribution in [3.63, 3.8) is 0 Å². The monoisotopic (exact) mass is 210 g/mol. The van der Waals surface area contributed by atoms with Gasteiger partial charge in [0.2, 0.25) is 0 Å². The van der Waals surface area contributed by atoms with Crippen LogP contribution in [0.15, 0.2) is 18.5 Å². The predicted octanol–water partition coefficient (Wildman–Crippen LogP) is 3.08. The normalized spacial score (nSPS) is 22.1. The summed E-state index contributed by atoms with van der Waals surface area (Å²) in [4.78, 5) is 0. The Hall–Kier alpha value is -0.760. The lowest BCUT2D eigenvalue weighted by Crippen LogP contribution is -2.02. The Balaban J connectivity index is 2.21. The fourth-order valence-electron chi connectivity index (χ4n) is 1.82. The summed E-state index contributed by atoms with van der Waals surface area (Å²) in [7, 11) is 0. The minimum absolute atomic E-state index is 0.212. The molecule has 0 N–H and O–H groups in total. The second-order valence-corrected chi connectivity index (χ2v) is 4.25. The summed E-state index contributed by atoms with van der Waals surface area (Å²) in [5.74, 6) is 0. The van der Waals surface area contributed by atoms with Gasteiger partial charge in [-0.15, -0.1) is 11.6 Å². The lowest BCUT2D eigenvalue weighted by molar-refractivity contribution is 0.659. The van der Waals surface area contributed by atoms with Gasteiger partial charge in [-0.25, -0.2) is 0 Å². The number of aryl methyl sites for hydroxylation is 1. The summed E-state index contributed by atoms with van der Waals surface area (Å²) < 4.78 is 1.95. The zero-order chi connectivity index (χ0) is 9.97. The van der Waals surface area contributed by atoms with Gasteiger partial charge in [0, 0.05) is 18.3 Å². The molecule has 0 aromatic carbocycles. The first-order chi connectivity index (χ1) is 6.79. The van der Waals surface area contributed by atoms with Crippen LogP contribution in [0.3, 0.4) is 0 Å². The molecule has 3 heteroatoms. The second-order valence-electron chi connectivity index (χ2n) is 3.68. The topological polar surface area (TPSA) is 17.8 Å². The van der Waals surface area contributed by atoms with Gasteiger partial charge in [0.25, 0.3) is 0 Å². The van der Waals surface area contributed by atoms with Crippen LogP contribution in [-0.4, -0.2) is 15.2 Å². The lowest BCUT2D eigenvalue weighted by Gasteiger charge is -2.14. The van der Waals surface area contributed by atoms with Gasteiger partial charge in [0.05, 0.1) is 11.6 Å². The van der Waals surface area contributed by atoms with Crippen LogP contribution in [0.2, 0.25) is 0 Å². The van der Waals surface area contributed by atoms with Crippen molar-refractivity contribution < 1.29 is 0 Å². The van der Waals surface area contributed by atoms with Gasteiger partial charge in [-0.3, -0.25) is 4.68 Å². The Bertz CT molecular complexity index is 341. The SMILES string of the molecule is CCn1cc(C2=CC(Cl)CCC2)cn1. The van der Waals surface area contributed by atoms with E-state index in [9.17, 15) is 0 Å². The predicted molar refractivity (Wildman–Crippen MR) is 59.4 cm³/mol. The van der Waals surface area contributed by atoms with Crippen molar-refractivity contribution in [1.82, 2.24) is 9.78 Å². The van der Waals surface area contributed by atoms with E-state index in [4.69, 9.17) is 11.6 Å². The third-order valence-corrected chi connectivity index (χ3v) is 2.98. The van der Waals surface area contributed by atoms with Crippen molar-refractivity contribution in [1.29, 1.82) is 0 Å². The molecule has 1 aromatic rings. The quantitative estimate of drug-likeness (QED) is 0.686. The van der Waals surface area contributed by atoms with E-state index in [1.807, 2.05) is 10.9 Å². The van der Waals surface area contributed by atoms with Crippen LogP contribution in [0.5, 0.6) is 0 Å². The van der Waals surface area contributed by atoms with Crippen LogP contribution in [0.25, 0.3) is 5.57 Å². The van der Waals surface area contributed by atoms with Gasteiger partial charge in [-0.05, 0) is 31.8 Å². The van der Waals surface area contributed by atoms with Crippen LogP contribution in [-0.2, 0) is 6.54 Å². The highest BCUT2D eigenvalue weighted by molar-refractivity contribution is 6.22. The van der Waals surface area contributed by atoms with Crippen LogP contribution in [0.4, 0.5) is 0 Å². The molecule has 1 atom stereocenters. The first kappa shape index (κ1) is 9.78. The van der Waals surface area contributed by atoms with Crippen molar-refractivity contribution in [2.45, 2.75) is 38.1 Å². The van der Waals surface area contributed by atoms with Gasteiger partial charge in [-0.2, -0.15) is 5.10 Å². The van der Waals surface area contributed by atoms with E-state index in [2.05, 4.69) is 24.3 Å². The second kappa shape index (κ2) is 4.18. The Morgan fingerprint density at radius 2 is 2.50 bits per heavy atom. The molecular formula is C11H15ClN2. The van der Waals surface area contributed by atoms with Crippen molar-refractivity contribution in [2.24, 2.45) is 0 Å². The lowest BCUT2D eigenvalue weighted by atomic mass is 9.95. The molecule has 0 spiro atoms. The van der Waals surface area contributed by atoms with Gasteiger partial charge in [-0.1, -0.05) is 6.08 Å². The number of hydrogen-bond donors (Lipinski definition) is 0. The summed E-state index contributed by atoms with van der Waals surface area (Å²) >= 11 is 6.10. The van der Waals surface area contributed by atoms with Gasteiger partial charge in [0.1, 0.15) is 0 Å². The Kier molecular flexibility index (Phi) is 2.92. The maximum atomic E-state index is 6.10. The average molecular weight is 211 g/mol. The van der Waals surface area contributed by atoms with E-state index in [0.29, 0.717) is 0 Å². The number of halogens is 1. The van der Waals surface area contributed by atoms with E-state index in [1.165, 1.54) is 17.6 Å². The molecule has 1 aromatic heterocycles. The molecule has 1 unspecified atom stereocenters. The van der Waals surface area contributed by atoms with Gasteiger partial charge < -0.3 is 0 Å². The summed E-state index contributed by atoms with van der Waals surface area (Å²) in [6.07, 6.45) is 9.63. The molecule has 2 nitrogen and oxygen atoms in total. The zero-order valence-electron chi connectivity index (χ0n) is 8.41. The minimum atomic E-state index is 0.212. The first-order valence-electron chi connectivity index (χ1n) is 5.17. The van der Waals surface area contributed by atoms with Gasteiger partial charge in [0.15, 0.2) is 0 Å². The van der Waals surface area contributed by atoms with E-state index in [-0.39, 0.29) is 5.38 Å². The number of hydrogen-bond acceptors (Lipinski definition) is 1. The summed E-state index contributed by atoms with van der Waals surface area (Å²) in [6.45, 7) is 3.02. The van der Waals surface area contributed by atoms with Crippen molar-refractivity contribution in [3.8, 4) is 0 Å². The van der Waals surface area contributed by atoms with Crippen LogP contribution in [0, 0.1) is 0 Å². The number of rotatable bonds is 2. The average Bonchev–Trinajstić information content (AvgIpc) is 2.66. The van der Waals surface area contributed by atoms with Crippen molar-refractivity contribution >= 4 is 17.2 Å². The van der Waals surface area contributed by atoms with E-state index in [0.717, 1.165) is 19.4 Å². The molecule has 0 aliphatic heterocycles. The summed E-state index contributed by atoms with van der Waals surface area (Å²) in [6, 6.07) is 0. The molecule has 0 saturated heterocycles. The largest absolute Gasteiger partial charge is 0.272 e. The number of aromatic nitrogens is 2. The molecule has 2 rings (SSSR count). The summed E-state index contributed by atoms with van der Waals surface area (Å²) in [5.41, 5.74) is 2.59. The molecular weight excluding hydrogens is 196 g/mol. The van der Waals surface area contributed by atoms with Crippen LogP contribution >= 0.6 is 11.6 Å². The molecule has 0 radical (unpaired) electrons. The fraction of sp³-hybridized carbons (Fsp3) is 0.545. The standard InChI is InChI=1S/C11H15ClN2/c1-2-14-8-10(7-13-14)9-4-3-5-11(12)6-9/h6-8,11H,2-5H2,1H3. The molecule has 0 saturated carbocycles. The summed E-state index contributed by atoms with van der Waals surface area (Å²) in [5, 5.41) is 4.48. The number of alkyl halides is 1. The van der Waals surface area contributed by atoms with Crippen molar-refractivity contribution in [2.75, 3.05) is 0 Å². The molecule has 1 aliphatic carbocycles. The number of allylic oxidation sites excluding steroid dienone is 2. The fourth-order valence-corrected chi connectivity index (χ4v) is 2.12. The Morgan fingerprint density at radius 3 is 3.14 bits per heavy atom. The highest BCUT2D eigenvalue weighted by Gasteiger charge is 2.13. The molecule has 1 aliphatic rings. The molecule has 14 heavy (non-hydrogen) atoms. The highest BCUT2D eigenvalue weighted by Crippen LogP contribution is 2.28. The van der Waals surface area contributed by atoms with E-state index >= 15 is 0 Å². The third-order valence-electron chi connectivity index (χ3n) is 2.64. The maximum absolute atomic E-state index is 6.10. The number of nitrogens with zero attached hydrogens (tertiary/aromatic N) is 2.